The van der Waals surface area contributed by atoms with Crippen molar-refractivity contribution in [2.75, 3.05) is 0 Å². The normalized spacial score (nSPS) is 10.7. The maximum absolute atomic E-state index is 12.0. The van der Waals surface area contributed by atoms with Gasteiger partial charge in [-0.3, -0.25) is 4.79 Å². The van der Waals surface area contributed by atoms with Crippen LogP contribution in [0, 0.1) is 0 Å². The molecule has 3 heteroatoms. The van der Waals surface area contributed by atoms with E-state index in [4.69, 9.17) is 11.6 Å². The molecule has 0 radical (unpaired) electrons. The molecule has 18 heavy (non-hydrogen) atoms. The lowest BCUT2D eigenvalue weighted by molar-refractivity contribution is 1.31. The highest BCUT2D eigenvalue weighted by atomic mass is 35.5. The number of aromatic amines is 1. The van der Waals surface area contributed by atoms with Crippen molar-refractivity contribution in [2.24, 2.45) is 0 Å². The molecular formula is C15H10ClNO. The highest BCUT2D eigenvalue weighted by Crippen LogP contribution is 2.21. The van der Waals surface area contributed by atoms with E-state index in [2.05, 4.69) is 4.98 Å². The maximum atomic E-state index is 12.0. The van der Waals surface area contributed by atoms with Crippen LogP contribution in [0.3, 0.4) is 0 Å². The second-order valence-electron chi connectivity index (χ2n) is 4.11. The second kappa shape index (κ2) is 4.31. The van der Waals surface area contributed by atoms with E-state index in [-0.39, 0.29) is 5.56 Å². The van der Waals surface area contributed by atoms with Gasteiger partial charge < -0.3 is 4.98 Å². The summed E-state index contributed by atoms with van der Waals surface area (Å²) in [6.45, 7) is 0. The third-order valence-electron chi connectivity index (χ3n) is 2.89. The van der Waals surface area contributed by atoms with Crippen molar-refractivity contribution in [3.8, 4) is 11.1 Å². The van der Waals surface area contributed by atoms with Crippen LogP contribution in [-0.2, 0) is 0 Å². The molecule has 0 amide bonds. The third kappa shape index (κ3) is 1.91. The number of H-pyrrole nitrogens is 1. The molecular weight excluding hydrogens is 246 g/mol. The van der Waals surface area contributed by atoms with Gasteiger partial charge in [0.15, 0.2) is 0 Å². The van der Waals surface area contributed by atoms with E-state index in [1.54, 1.807) is 6.07 Å². The zero-order chi connectivity index (χ0) is 12.5. The van der Waals surface area contributed by atoms with Crippen LogP contribution in [0.4, 0.5) is 0 Å². The number of fused-ring (bicyclic) bond motifs is 1. The minimum absolute atomic E-state index is 0.101. The molecule has 2 nitrogen and oxygen atoms in total. The van der Waals surface area contributed by atoms with Gasteiger partial charge in [-0.15, -0.1) is 0 Å². The average molecular weight is 256 g/mol. The van der Waals surface area contributed by atoms with Gasteiger partial charge >= 0.3 is 0 Å². The van der Waals surface area contributed by atoms with Crippen LogP contribution in [0.2, 0.25) is 5.02 Å². The Morgan fingerprint density at radius 2 is 1.72 bits per heavy atom. The van der Waals surface area contributed by atoms with Gasteiger partial charge in [-0.25, -0.2) is 0 Å². The first kappa shape index (κ1) is 11.1. The summed E-state index contributed by atoms with van der Waals surface area (Å²) in [7, 11) is 0. The summed E-state index contributed by atoms with van der Waals surface area (Å²) in [6.07, 6.45) is 0. The lowest BCUT2D eigenvalue weighted by Crippen LogP contribution is -2.08. The van der Waals surface area contributed by atoms with Gasteiger partial charge in [0.05, 0.1) is 0 Å². The summed E-state index contributed by atoms with van der Waals surface area (Å²) in [5.41, 5.74) is 2.24. The van der Waals surface area contributed by atoms with Crippen molar-refractivity contribution in [3.05, 3.63) is 70.0 Å². The molecule has 3 rings (SSSR count). The number of pyridine rings is 1. The standard InChI is InChI=1S/C15H10ClNO/c16-12-7-6-11-8-13(10-4-2-1-3-5-10)15(18)17-14(11)9-12/h1-9H,(H,17,18). The smallest absolute Gasteiger partial charge is 0.256 e. The van der Waals surface area contributed by atoms with E-state index < -0.39 is 0 Å². The van der Waals surface area contributed by atoms with Crippen LogP contribution in [0.25, 0.3) is 22.0 Å². The monoisotopic (exact) mass is 255 g/mol. The number of benzene rings is 2. The first-order valence-electron chi connectivity index (χ1n) is 5.62. The number of halogens is 1. The zero-order valence-corrected chi connectivity index (χ0v) is 10.2. The van der Waals surface area contributed by atoms with Crippen molar-refractivity contribution >= 4 is 22.5 Å². The van der Waals surface area contributed by atoms with Crippen LogP contribution in [-0.4, -0.2) is 4.98 Å². The molecule has 1 aromatic heterocycles. The van der Waals surface area contributed by atoms with Crippen LogP contribution in [0.5, 0.6) is 0 Å². The Morgan fingerprint density at radius 3 is 2.50 bits per heavy atom. The van der Waals surface area contributed by atoms with E-state index in [0.29, 0.717) is 10.6 Å². The van der Waals surface area contributed by atoms with Gasteiger partial charge in [0, 0.05) is 16.1 Å². The molecule has 0 spiro atoms. The topological polar surface area (TPSA) is 32.9 Å². The lowest BCUT2D eigenvalue weighted by Gasteiger charge is -2.03. The molecule has 0 fully saturated rings. The quantitative estimate of drug-likeness (QED) is 0.704. The molecule has 0 saturated heterocycles. The fourth-order valence-electron chi connectivity index (χ4n) is 2.01. The predicted octanol–water partition coefficient (Wildman–Crippen LogP) is 3.85. The molecule has 0 aliphatic carbocycles. The fraction of sp³-hybridized carbons (Fsp3) is 0. The van der Waals surface area contributed by atoms with Crippen LogP contribution < -0.4 is 5.56 Å². The van der Waals surface area contributed by atoms with Crippen molar-refractivity contribution in [2.45, 2.75) is 0 Å². The molecule has 1 heterocycles. The van der Waals surface area contributed by atoms with E-state index in [9.17, 15) is 4.79 Å². The van der Waals surface area contributed by atoms with Gasteiger partial charge in [0.1, 0.15) is 0 Å². The van der Waals surface area contributed by atoms with Crippen molar-refractivity contribution in [1.29, 1.82) is 0 Å². The SMILES string of the molecule is O=c1[nH]c2cc(Cl)ccc2cc1-c1ccccc1. The first-order valence-corrected chi connectivity index (χ1v) is 6.00. The molecule has 0 saturated carbocycles. The Morgan fingerprint density at radius 1 is 0.944 bits per heavy atom. The Kier molecular flexibility index (Phi) is 2.65. The van der Waals surface area contributed by atoms with Gasteiger partial charge in [0.2, 0.25) is 0 Å². The molecule has 0 aliphatic heterocycles. The number of nitrogens with one attached hydrogen (secondary N) is 1. The van der Waals surface area contributed by atoms with Crippen LogP contribution in [0.1, 0.15) is 0 Å². The number of rotatable bonds is 1. The van der Waals surface area contributed by atoms with Crippen LogP contribution in [0.15, 0.2) is 59.4 Å². The predicted molar refractivity (Wildman–Crippen MR) is 75.0 cm³/mol. The first-order chi connectivity index (χ1) is 8.74. The molecule has 0 aliphatic rings. The Bertz CT molecular complexity index is 762. The summed E-state index contributed by atoms with van der Waals surface area (Å²) >= 11 is 5.91. The number of hydrogen-bond donors (Lipinski definition) is 1. The maximum Gasteiger partial charge on any atom is 0.256 e. The Balaban J connectivity index is 2.29. The van der Waals surface area contributed by atoms with Gasteiger partial charge in [-0.05, 0) is 29.1 Å². The zero-order valence-electron chi connectivity index (χ0n) is 9.48. The second-order valence-corrected chi connectivity index (χ2v) is 4.55. The highest BCUT2D eigenvalue weighted by Gasteiger charge is 2.05. The van der Waals surface area contributed by atoms with Gasteiger partial charge in [-0.1, -0.05) is 48.0 Å². The minimum Gasteiger partial charge on any atom is -0.321 e. The van der Waals surface area contributed by atoms with E-state index in [1.165, 1.54) is 0 Å². The molecule has 88 valence electrons. The molecule has 2 aromatic carbocycles. The van der Waals surface area contributed by atoms with E-state index in [1.807, 2.05) is 48.5 Å². The number of hydrogen-bond acceptors (Lipinski definition) is 1. The van der Waals surface area contributed by atoms with E-state index in [0.717, 1.165) is 16.5 Å². The molecule has 1 N–H and O–H groups in total. The molecule has 0 bridgehead atoms. The largest absolute Gasteiger partial charge is 0.321 e. The summed E-state index contributed by atoms with van der Waals surface area (Å²) in [5, 5.41) is 1.59. The Labute approximate surface area is 109 Å². The summed E-state index contributed by atoms with van der Waals surface area (Å²) in [4.78, 5) is 14.9. The molecule has 0 unspecified atom stereocenters. The van der Waals surface area contributed by atoms with Gasteiger partial charge in [-0.2, -0.15) is 0 Å². The lowest BCUT2D eigenvalue weighted by atomic mass is 10.1. The fourth-order valence-corrected chi connectivity index (χ4v) is 2.18. The summed E-state index contributed by atoms with van der Waals surface area (Å²) in [6, 6.07) is 17.0. The molecule has 0 atom stereocenters. The number of aromatic nitrogens is 1. The minimum atomic E-state index is -0.101. The van der Waals surface area contributed by atoms with E-state index >= 15 is 0 Å². The van der Waals surface area contributed by atoms with Crippen molar-refractivity contribution < 1.29 is 0 Å². The third-order valence-corrected chi connectivity index (χ3v) is 3.13. The van der Waals surface area contributed by atoms with Crippen LogP contribution >= 0.6 is 11.6 Å². The van der Waals surface area contributed by atoms with Gasteiger partial charge in [0.25, 0.3) is 5.56 Å². The summed E-state index contributed by atoms with van der Waals surface area (Å²) in [5.74, 6) is 0. The van der Waals surface area contributed by atoms with Crippen molar-refractivity contribution in [1.82, 2.24) is 4.98 Å². The summed E-state index contributed by atoms with van der Waals surface area (Å²) < 4.78 is 0. The average Bonchev–Trinajstić information content (AvgIpc) is 2.39. The van der Waals surface area contributed by atoms with Crippen molar-refractivity contribution in [3.63, 3.8) is 0 Å². The molecule has 3 aromatic rings. The highest BCUT2D eigenvalue weighted by molar-refractivity contribution is 6.31. The Hall–Kier alpha value is -2.06.